The summed E-state index contributed by atoms with van der Waals surface area (Å²) in [7, 11) is 0. The van der Waals surface area contributed by atoms with E-state index in [0.29, 0.717) is 18.7 Å². The topological polar surface area (TPSA) is 33.2 Å². The lowest BCUT2D eigenvalue weighted by atomic mass is 10.1. The first-order chi connectivity index (χ1) is 13.1. The van der Waals surface area contributed by atoms with Crippen molar-refractivity contribution >= 4 is 12.0 Å². The summed E-state index contributed by atoms with van der Waals surface area (Å²) in [6.07, 6.45) is 6.60. The predicted octanol–water partition coefficient (Wildman–Crippen LogP) is 4.77. The largest absolute Gasteiger partial charge is 0.330 e. The molecule has 0 aliphatic heterocycles. The SMILES string of the molecule is Cc1ccccc1CN(Cc1cccnc1)C(=O)C=Cc1cccc(F)c1. The van der Waals surface area contributed by atoms with Gasteiger partial charge in [-0.05, 0) is 53.5 Å². The van der Waals surface area contributed by atoms with Crippen molar-refractivity contribution in [3.05, 3.63) is 107 Å². The fourth-order valence-electron chi connectivity index (χ4n) is 2.80. The second-order valence-electron chi connectivity index (χ2n) is 6.37. The molecule has 1 aromatic heterocycles. The first kappa shape index (κ1) is 18.5. The van der Waals surface area contributed by atoms with E-state index in [0.717, 1.165) is 16.7 Å². The maximum absolute atomic E-state index is 13.3. The Morgan fingerprint density at radius 3 is 2.67 bits per heavy atom. The Bertz CT molecular complexity index is 938. The van der Waals surface area contributed by atoms with Gasteiger partial charge in [0.1, 0.15) is 5.82 Å². The highest BCUT2D eigenvalue weighted by Gasteiger charge is 2.13. The van der Waals surface area contributed by atoms with E-state index in [1.54, 1.807) is 35.5 Å². The molecule has 27 heavy (non-hydrogen) atoms. The van der Waals surface area contributed by atoms with Crippen LogP contribution in [-0.4, -0.2) is 15.8 Å². The summed E-state index contributed by atoms with van der Waals surface area (Å²) >= 11 is 0. The van der Waals surface area contributed by atoms with Crippen molar-refractivity contribution in [2.75, 3.05) is 0 Å². The number of nitrogens with zero attached hydrogens (tertiary/aromatic N) is 2. The van der Waals surface area contributed by atoms with Gasteiger partial charge in [0, 0.05) is 31.6 Å². The molecule has 2 aromatic carbocycles. The third-order valence-electron chi connectivity index (χ3n) is 4.30. The van der Waals surface area contributed by atoms with Crippen molar-refractivity contribution in [2.45, 2.75) is 20.0 Å². The zero-order chi connectivity index (χ0) is 19.1. The monoisotopic (exact) mass is 360 g/mol. The van der Waals surface area contributed by atoms with Gasteiger partial charge in [-0.15, -0.1) is 0 Å². The number of benzene rings is 2. The van der Waals surface area contributed by atoms with Gasteiger partial charge in [0.2, 0.25) is 5.91 Å². The number of amides is 1. The minimum atomic E-state index is -0.322. The van der Waals surface area contributed by atoms with Gasteiger partial charge >= 0.3 is 0 Å². The van der Waals surface area contributed by atoms with Crippen molar-refractivity contribution in [2.24, 2.45) is 0 Å². The average Bonchev–Trinajstić information content (AvgIpc) is 2.68. The normalized spacial score (nSPS) is 10.9. The molecule has 0 atom stereocenters. The molecule has 0 bridgehead atoms. The van der Waals surface area contributed by atoms with Crippen LogP contribution < -0.4 is 0 Å². The minimum Gasteiger partial charge on any atom is -0.330 e. The van der Waals surface area contributed by atoms with Gasteiger partial charge < -0.3 is 4.90 Å². The number of aromatic nitrogens is 1. The Kier molecular flexibility index (Phi) is 6.10. The minimum absolute atomic E-state index is 0.133. The van der Waals surface area contributed by atoms with Crippen molar-refractivity contribution in [1.82, 2.24) is 9.88 Å². The van der Waals surface area contributed by atoms with Gasteiger partial charge in [0.15, 0.2) is 0 Å². The Balaban J connectivity index is 1.81. The molecular formula is C23H21FN2O. The summed E-state index contributed by atoms with van der Waals surface area (Å²) in [4.78, 5) is 18.7. The van der Waals surface area contributed by atoms with Crippen molar-refractivity contribution in [3.63, 3.8) is 0 Å². The van der Waals surface area contributed by atoms with Gasteiger partial charge in [-0.2, -0.15) is 0 Å². The Hall–Kier alpha value is -3.27. The summed E-state index contributed by atoms with van der Waals surface area (Å²) in [5, 5.41) is 0. The molecule has 1 heterocycles. The van der Waals surface area contributed by atoms with E-state index in [1.807, 2.05) is 43.3 Å². The van der Waals surface area contributed by atoms with E-state index in [2.05, 4.69) is 4.98 Å². The molecule has 136 valence electrons. The summed E-state index contributed by atoms with van der Waals surface area (Å²) in [6, 6.07) is 18.0. The second-order valence-corrected chi connectivity index (χ2v) is 6.37. The summed E-state index contributed by atoms with van der Waals surface area (Å²) in [6.45, 7) is 2.98. The van der Waals surface area contributed by atoms with E-state index >= 15 is 0 Å². The molecule has 0 saturated heterocycles. The van der Waals surface area contributed by atoms with E-state index in [9.17, 15) is 9.18 Å². The summed E-state index contributed by atoms with van der Waals surface area (Å²) < 4.78 is 13.3. The van der Waals surface area contributed by atoms with Gasteiger partial charge in [0.25, 0.3) is 0 Å². The third kappa shape index (κ3) is 5.35. The van der Waals surface area contributed by atoms with Crippen LogP contribution in [-0.2, 0) is 17.9 Å². The van der Waals surface area contributed by atoms with Crippen molar-refractivity contribution in [1.29, 1.82) is 0 Å². The molecule has 0 radical (unpaired) electrons. The van der Waals surface area contributed by atoms with Crippen LogP contribution in [0.1, 0.15) is 22.3 Å². The average molecular weight is 360 g/mol. The molecule has 0 N–H and O–H groups in total. The molecule has 3 rings (SSSR count). The molecule has 0 fully saturated rings. The molecular weight excluding hydrogens is 339 g/mol. The molecule has 1 amide bonds. The fraction of sp³-hybridized carbons (Fsp3) is 0.130. The molecule has 4 heteroatoms. The van der Waals surface area contributed by atoms with Gasteiger partial charge in [-0.3, -0.25) is 9.78 Å². The number of carbonyl (C=O) groups is 1. The van der Waals surface area contributed by atoms with Crippen LogP contribution in [0.3, 0.4) is 0 Å². The zero-order valence-corrected chi connectivity index (χ0v) is 15.2. The number of rotatable bonds is 6. The summed E-state index contributed by atoms with van der Waals surface area (Å²) in [5.41, 5.74) is 3.84. The lowest BCUT2D eigenvalue weighted by molar-refractivity contribution is -0.127. The molecule has 0 spiro atoms. The number of hydrogen-bond acceptors (Lipinski definition) is 2. The molecule has 0 aliphatic rings. The van der Waals surface area contributed by atoms with Crippen LogP contribution in [0.15, 0.2) is 79.1 Å². The first-order valence-electron chi connectivity index (χ1n) is 8.78. The third-order valence-corrected chi connectivity index (χ3v) is 4.30. The predicted molar refractivity (Wildman–Crippen MR) is 105 cm³/mol. The molecule has 0 unspecified atom stereocenters. The first-order valence-corrected chi connectivity index (χ1v) is 8.78. The van der Waals surface area contributed by atoms with E-state index in [4.69, 9.17) is 0 Å². The smallest absolute Gasteiger partial charge is 0.247 e. The highest BCUT2D eigenvalue weighted by atomic mass is 19.1. The van der Waals surface area contributed by atoms with Crippen LogP contribution in [0.5, 0.6) is 0 Å². The maximum atomic E-state index is 13.3. The van der Waals surface area contributed by atoms with E-state index in [1.165, 1.54) is 18.2 Å². The van der Waals surface area contributed by atoms with Crippen LogP contribution in [0.4, 0.5) is 4.39 Å². The number of hydrogen-bond donors (Lipinski definition) is 0. The molecule has 3 aromatic rings. The Morgan fingerprint density at radius 2 is 1.93 bits per heavy atom. The second kappa shape index (κ2) is 8.90. The lowest BCUT2D eigenvalue weighted by Crippen LogP contribution is -2.28. The van der Waals surface area contributed by atoms with Gasteiger partial charge in [-0.1, -0.05) is 42.5 Å². The summed E-state index contributed by atoms with van der Waals surface area (Å²) in [5.74, 6) is -0.455. The number of halogens is 1. The Labute approximate surface area is 158 Å². The van der Waals surface area contributed by atoms with Crippen molar-refractivity contribution in [3.8, 4) is 0 Å². The zero-order valence-electron chi connectivity index (χ0n) is 15.2. The quantitative estimate of drug-likeness (QED) is 0.593. The standard InChI is InChI=1S/C23H21FN2O/c1-18-6-2-3-9-21(18)17-26(16-20-8-5-13-25-15-20)23(27)12-11-19-7-4-10-22(24)14-19/h2-15H,16-17H2,1H3. The molecule has 0 saturated carbocycles. The lowest BCUT2D eigenvalue weighted by Gasteiger charge is -2.22. The highest BCUT2D eigenvalue weighted by molar-refractivity contribution is 5.91. The maximum Gasteiger partial charge on any atom is 0.247 e. The van der Waals surface area contributed by atoms with E-state index < -0.39 is 0 Å². The van der Waals surface area contributed by atoms with Crippen LogP contribution in [0, 0.1) is 12.7 Å². The van der Waals surface area contributed by atoms with Crippen molar-refractivity contribution < 1.29 is 9.18 Å². The number of aryl methyl sites for hydroxylation is 1. The van der Waals surface area contributed by atoms with Gasteiger partial charge in [-0.25, -0.2) is 4.39 Å². The fourth-order valence-corrected chi connectivity index (χ4v) is 2.80. The van der Waals surface area contributed by atoms with Gasteiger partial charge in [0.05, 0.1) is 0 Å². The van der Waals surface area contributed by atoms with E-state index in [-0.39, 0.29) is 11.7 Å². The van der Waals surface area contributed by atoms with Crippen LogP contribution in [0.2, 0.25) is 0 Å². The highest BCUT2D eigenvalue weighted by Crippen LogP contribution is 2.14. The van der Waals surface area contributed by atoms with Crippen LogP contribution >= 0.6 is 0 Å². The molecule has 0 aliphatic carbocycles. The number of pyridine rings is 1. The molecule has 3 nitrogen and oxygen atoms in total. The Morgan fingerprint density at radius 1 is 1.07 bits per heavy atom. The number of carbonyl (C=O) groups excluding carboxylic acids is 1. The van der Waals surface area contributed by atoms with Crippen LogP contribution in [0.25, 0.3) is 6.08 Å².